The van der Waals surface area contributed by atoms with Gasteiger partial charge >= 0.3 is 0 Å². The number of aryl methyl sites for hydroxylation is 1. The summed E-state index contributed by atoms with van der Waals surface area (Å²) in [5, 5.41) is 4.44. The summed E-state index contributed by atoms with van der Waals surface area (Å²) < 4.78 is 12.2. The van der Waals surface area contributed by atoms with Gasteiger partial charge < -0.3 is 14.5 Å². The zero-order valence-corrected chi connectivity index (χ0v) is 13.5. The quantitative estimate of drug-likeness (QED) is 0.712. The first-order valence-corrected chi connectivity index (χ1v) is 7.52. The molecule has 0 aliphatic heterocycles. The number of furan rings is 1. The van der Waals surface area contributed by atoms with Gasteiger partial charge in [-0.25, -0.2) is 0 Å². The molecule has 1 heterocycles. The maximum Gasteiger partial charge on any atom is 0.176 e. The smallest absolute Gasteiger partial charge is 0.176 e. The van der Waals surface area contributed by atoms with Crippen molar-refractivity contribution in [3.05, 3.63) is 58.3 Å². The van der Waals surface area contributed by atoms with E-state index in [0.29, 0.717) is 6.54 Å². The molecule has 0 aliphatic carbocycles. The lowest BCUT2D eigenvalue weighted by atomic mass is 10.2. The zero-order chi connectivity index (χ0) is 14.8. The Balaban J connectivity index is 1.84. The van der Waals surface area contributed by atoms with Crippen molar-refractivity contribution in [1.82, 2.24) is 0 Å². The van der Waals surface area contributed by atoms with E-state index in [2.05, 4.69) is 40.3 Å². The number of rotatable bonds is 4. The third-order valence-corrected chi connectivity index (χ3v) is 4.05. The third-order valence-electron chi connectivity index (χ3n) is 3.35. The van der Waals surface area contributed by atoms with E-state index in [1.807, 2.05) is 30.3 Å². The second kappa shape index (κ2) is 5.82. The van der Waals surface area contributed by atoms with E-state index in [-0.39, 0.29) is 0 Å². The molecule has 0 aliphatic rings. The first kappa shape index (κ1) is 14.0. The van der Waals surface area contributed by atoms with Gasteiger partial charge in [0.15, 0.2) is 11.3 Å². The fourth-order valence-electron chi connectivity index (χ4n) is 2.29. The van der Waals surface area contributed by atoms with E-state index < -0.39 is 0 Å². The van der Waals surface area contributed by atoms with E-state index >= 15 is 0 Å². The third kappa shape index (κ3) is 2.90. The molecular formula is C17H16BrNO2. The SMILES string of the molecule is COc1cccc2cc(CNc3cc(C)ccc3Br)oc12. The van der Waals surface area contributed by atoms with Crippen molar-refractivity contribution < 1.29 is 9.15 Å². The highest BCUT2D eigenvalue weighted by Crippen LogP contribution is 2.29. The van der Waals surface area contributed by atoms with Gasteiger partial charge in [-0.1, -0.05) is 18.2 Å². The van der Waals surface area contributed by atoms with Crippen molar-refractivity contribution in [1.29, 1.82) is 0 Å². The van der Waals surface area contributed by atoms with Crippen LogP contribution < -0.4 is 10.1 Å². The van der Waals surface area contributed by atoms with Crippen LogP contribution in [0.3, 0.4) is 0 Å². The van der Waals surface area contributed by atoms with Crippen LogP contribution in [0.25, 0.3) is 11.0 Å². The highest BCUT2D eigenvalue weighted by atomic mass is 79.9. The molecule has 2 aromatic carbocycles. The fraction of sp³-hybridized carbons (Fsp3) is 0.176. The van der Waals surface area contributed by atoms with Gasteiger partial charge in [0.1, 0.15) is 5.76 Å². The monoisotopic (exact) mass is 345 g/mol. The van der Waals surface area contributed by atoms with Crippen LogP contribution in [-0.4, -0.2) is 7.11 Å². The molecule has 0 fully saturated rings. The Morgan fingerprint density at radius 2 is 2.05 bits per heavy atom. The molecule has 0 atom stereocenters. The van der Waals surface area contributed by atoms with Crippen LogP contribution in [0.5, 0.6) is 5.75 Å². The molecule has 0 saturated carbocycles. The van der Waals surface area contributed by atoms with Crippen LogP contribution in [0.4, 0.5) is 5.69 Å². The first-order chi connectivity index (χ1) is 10.2. The molecule has 21 heavy (non-hydrogen) atoms. The van der Waals surface area contributed by atoms with Crippen LogP contribution in [0.2, 0.25) is 0 Å². The number of halogens is 1. The molecule has 3 rings (SSSR count). The Labute approximate surface area is 132 Å². The van der Waals surface area contributed by atoms with Crippen molar-refractivity contribution in [3.8, 4) is 5.75 Å². The maximum absolute atomic E-state index is 5.88. The first-order valence-electron chi connectivity index (χ1n) is 6.73. The standard InChI is InChI=1S/C17H16BrNO2/c1-11-6-7-14(18)15(8-11)19-10-13-9-12-4-3-5-16(20-2)17(12)21-13/h3-9,19H,10H2,1-2H3. The molecule has 0 spiro atoms. The van der Waals surface area contributed by atoms with Crippen molar-refractivity contribution in [2.24, 2.45) is 0 Å². The average Bonchev–Trinajstić information content (AvgIpc) is 2.91. The number of nitrogens with one attached hydrogen (secondary N) is 1. The van der Waals surface area contributed by atoms with Gasteiger partial charge in [0, 0.05) is 15.5 Å². The zero-order valence-electron chi connectivity index (χ0n) is 11.9. The Morgan fingerprint density at radius 3 is 2.86 bits per heavy atom. The molecule has 108 valence electrons. The largest absolute Gasteiger partial charge is 0.493 e. The molecule has 0 bridgehead atoms. The van der Waals surface area contributed by atoms with Crippen LogP contribution in [0.1, 0.15) is 11.3 Å². The Morgan fingerprint density at radius 1 is 1.19 bits per heavy atom. The van der Waals surface area contributed by atoms with Gasteiger partial charge in [-0.3, -0.25) is 0 Å². The predicted octanol–water partition coefficient (Wildman–Crippen LogP) is 5.12. The number of hydrogen-bond acceptors (Lipinski definition) is 3. The minimum atomic E-state index is 0.625. The van der Waals surface area contributed by atoms with Gasteiger partial charge in [-0.15, -0.1) is 0 Å². The second-order valence-electron chi connectivity index (χ2n) is 4.93. The number of anilines is 1. The fourth-order valence-corrected chi connectivity index (χ4v) is 2.68. The highest BCUT2D eigenvalue weighted by molar-refractivity contribution is 9.10. The lowest BCUT2D eigenvalue weighted by Crippen LogP contribution is -1.99. The van der Waals surface area contributed by atoms with Gasteiger partial charge in [-0.2, -0.15) is 0 Å². The topological polar surface area (TPSA) is 34.4 Å². The van der Waals surface area contributed by atoms with Crippen molar-refractivity contribution in [2.45, 2.75) is 13.5 Å². The Bertz CT molecular complexity index is 780. The molecular weight excluding hydrogens is 330 g/mol. The van der Waals surface area contributed by atoms with Crippen LogP contribution >= 0.6 is 15.9 Å². The van der Waals surface area contributed by atoms with Gasteiger partial charge in [0.25, 0.3) is 0 Å². The second-order valence-corrected chi connectivity index (χ2v) is 5.78. The summed E-state index contributed by atoms with van der Waals surface area (Å²) in [6.45, 7) is 2.70. The molecule has 1 N–H and O–H groups in total. The normalized spacial score (nSPS) is 10.8. The van der Waals surface area contributed by atoms with Crippen molar-refractivity contribution in [3.63, 3.8) is 0 Å². The van der Waals surface area contributed by atoms with Crippen molar-refractivity contribution in [2.75, 3.05) is 12.4 Å². The van der Waals surface area contributed by atoms with E-state index in [1.54, 1.807) is 7.11 Å². The number of hydrogen-bond donors (Lipinski definition) is 1. The molecule has 0 saturated heterocycles. The summed E-state index contributed by atoms with van der Waals surface area (Å²) in [6.07, 6.45) is 0. The minimum absolute atomic E-state index is 0.625. The van der Waals surface area contributed by atoms with Gasteiger partial charge in [0.05, 0.1) is 13.7 Å². The van der Waals surface area contributed by atoms with E-state index in [4.69, 9.17) is 9.15 Å². The maximum atomic E-state index is 5.88. The molecule has 3 aromatic rings. The Kier molecular flexibility index (Phi) is 3.88. The molecule has 0 unspecified atom stereocenters. The summed E-state index contributed by atoms with van der Waals surface area (Å²) in [5.41, 5.74) is 3.06. The summed E-state index contributed by atoms with van der Waals surface area (Å²) in [5.74, 6) is 1.64. The average molecular weight is 346 g/mol. The van der Waals surface area contributed by atoms with E-state index in [1.165, 1.54) is 5.56 Å². The number of ether oxygens (including phenoxy) is 1. The minimum Gasteiger partial charge on any atom is -0.493 e. The van der Waals surface area contributed by atoms with Gasteiger partial charge in [0.2, 0.25) is 0 Å². The number of benzene rings is 2. The predicted molar refractivity (Wildman–Crippen MR) is 89.0 cm³/mol. The number of methoxy groups -OCH3 is 1. The summed E-state index contributed by atoms with van der Waals surface area (Å²) >= 11 is 3.55. The lowest BCUT2D eigenvalue weighted by Gasteiger charge is -2.07. The van der Waals surface area contributed by atoms with Crippen LogP contribution in [0, 0.1) is 6.92 Å². The van der Waals surface area contributed by atoms with E-state index in [0.717, 1.165) is 32.6 Å². The summed E-state index contributed by atoms with van der Waals surface area (Å²) in [6, 6.07) is 14.1. The molecule has 3 nitrogen and oxygen atoms in total. The lowest BCUT2D eigenvalue weighted by molar-refractivity contribution is 0.408. The van der Waals surface area contributed by atoms with Crippen LogP contribution in [0.15, 0.2) is 51.4 Å². The van der Waals surface area contributed by atoms with E-state index in [9.17, 15) is 0 Å². The Hall–Kier alpha value is -1.94. The summed E-state index contributed by atoms with van der Waals surface area (Å²) in [4.78, 5) is 0. The molecule has 0 amide bonds. The van der Waals surface area contributed by atoms with Gasteiger partial charge in [-0.05, 0) is 52.7 Å². The van der Waals surface area contributed by atoms with Crippen LogP contribution in [-0.2, 0) is 6.54 Å². The number of para-hydroxylation sites is 1. The van der Waals surface area contributed by atoms with Crippen molar-refractivity contribution >= 4 is 32.6 Å². The highest BCUT2D eigenvalue weighted by Gasteiger charge is 2.09. The molecule has 1 aromatic heterocycles. The summed E-state index contributed by atoms with van der Waals surface area (Å²) in [7, 11) is 1.65. The molecule has 4 heteroatoms. The molecule has 0 radical (unpaired) electrons. The number of fused-ring (bicyclic) bond motifs is 1.